The molecule has 5 heteroatoms. The zero-order chi connectivity index (χ0) is 19.3. The number of aryl methyl sites for hydroxylation is 1. The van der Waals surface area contributed by atoms with Crippen LogP contribution >= 0.6 is 11.3 Å². The molecule has 0 radical (unpaired) electrons. The maximum atomic E-state index is 12.6. The second-order valence-electron chi connectivity index (χ2n) is 7.50. The highest BCUT2D eigenvalue weighted by Gasteiger charge is 2.27. The summed E-state index contributed by atoms with van der Waals surface area (Å²) in [6.07, 6.45) is 3.55. The van der Waals surface area contributed by atoms with Crippen LogP contribution in [-0.2, 0) is 11.2 Å². The third-order valence-corrected chi connectivity index (χ3v) is 6.70. The first-order valence-electron chi connectivity index (χ1n) is 10.1. The molecule has 4 nitrogen and oxygen atoms in total. The molecule has 1 unspecified atom stereocenters. The number of fused-ring (bicyclic) bond motifs is 1. The SMILES string of the molecule is O=C(CCCc1nc2ccccc2s1)N1CCC(C(O)c2ccccc2)CC1. The first-order valence-corrected chi connectivity index (χ1v) is 10.9. The van der Waals surface area contributed by atoms with Gasteiger partial charge in [0.15, 0.2) is 0 Å². The van der Waals surface area contributed by atoms with E-state index in [1.165, 1.54) is 4.70 Å². The van der Waals surface area contributed by atoms with Crippen LogP contribution in [0.3, 0.4) is 0 Å². The fourth-order valence-corrected chi connectivity index (χ4v) is 4.97. The summed E-state index contributed by atoms with van der Waals surface area (Å²) in [6.45, 7) is 1.49. The van der Waals surface area contributed by atoms with Crippen LogP contribution in [-0.4, -0.2) is 34.0 Å². The van der Waals surface area contributed by atoms with E-state index in [0.717, 1.165) is 54.9 Å². The van der Waals surface area contributed by atoms with Gasteiger partial charge in [0.2, 0.25) is 5.91 Å². The van der Waals surface area contributed by atoms with Gasteiger partial charge >= 0.3 is 0 Å². The summed E-state index contributed by atoms with van der Waals surface area (Å²) in [6, 6.07) is 18.0. The van der Waals surface area contributed by atoms with Crippen molar-refractivity contribution < 1.29 is 9.90 Å². The van der Waals surface area contributed by atoms with Gasteiger partial charge in [-0.25, -0.2) is 4.98 Å². The molecule has 28 heavy (non-hydrogen) atoms. The smallest absolute Gasteiger partial charge is 0.222 e. The van der Waals surface area contributed by atoms with Crippen LogP contribution in [0.1, 0.15) is 42.4 Å². The molecule has 1 aromatic heterocycles. The highest BCUT2D eigenvalue weighted by molar-refractivity contribution is 7.18. The summed E-state index contributed by atoms with van der Waals surface area (Å²) in [4.78, 5) is 19.2. The summed E-state index contributed by atoms with van der Waals surface area (Å²) >= 11 is 1.72. The second-order valence-corrected chi connectivity index (χ2v) is 8.62. The van der Waals surface area contributed by atoms with Gasteiger partial charge in [-0.1, -0.05) is 42.5 Å². The Kier molecular flexibility index (Phi) is 6.03. The molecule has 1 fully saturated rings. The summed E-state index contributed by atoms with van der Waals surface area (Å²) in [5.74, 6) is 0.461. The van der Waals surface area contributed by atoms with Crippen LogP contribution in [0, 0.1) is 5.92 Å². The van der Waals surface area contributed by atoms with E-state index in [9.17, 15) is 9.90 Å². The van der Waals surface area contributed by atoms with Crippen LogP contribution in [0.25, 0.3) is 10.2 Å². The van der Waals surface area contributed by atoms with Crippen molar-refractivity contribution in [3.63, 3.8) is 0 Å². The van der Waals surface area contributed by atoms with Gasteiger partial charge in [0.25, 0.3) is 0 Å². The average Bonchev–Trinajstić information content (AvgIpc) is 3.16. The van der Waals surface area contributed by atoms with Crippen LogP contribution in [0.5, 0.6) is 0 Å². The predicted octanol–water partition coefficient (Wildman–Crippen LogP) is 4.59. The Morgan fingerprint density at radius 3 is 2.57 bits per heavy atom. The molecule has 1 atom stereocenters. The molecular formula is C23H26N2O2S. The molecule has 2 heterocycles. The number of benzene rings is 2. The first-order chi connectivity index (χ1) is 13.7. The Balaban J connectivity index is 1.23. The van der Waals surface area contributed by atoms with E-state index >= 15 is 0 Å². The van der Waals surface area contributed by atoms with E-state index in [-0.39, 0.29) is 11.8 Å². The van der Waals surface area contributed by atoms with Crippen molar-refractivity contribution >= 4 is 27.5 Å². The molecule has 0 spiro atoms. The number of aliphatic hydroxyl groups excluding tert-OH is 1. The third-order valence-electron chi connectivity index (χ3n) is 5.60. The molecule has 3 aromatic rings. The number of thiazole rings is 1. The number of carbonyl (C=O) groups excluding carboxylic acids is 1. The van der Waals surface area contributed by atoms with Crippen LogP contribution < -0.4 is 0 Å². The zero-order valence-corrected chi connectivity index (χ0v) is 16.8. The minimum absolute atomic E-state index is 0.230. The number of nitrogens with zero attached hydrogens (tertiary/aromatic N) is 2. The molecule has 1 aliphatic rings. The van der Waals surface area contributed by atoms with Crippen LogP contribution in [0.15, 0.2) is 54.6 Å². The third kappa shape index (κ3) is 4.42. The Morgan fingerprint density at radius 2 is 1.82 bits per heavy atom. The quantitative estimate of drug-likeness (QED) is 0.665. The lowest BCUT2D eigenvalue weighted by Gasteiger charge is -2.34. The van der Waals surface area contributed by atoms with E-state index in [4.69, 9.17) is 0 Å². The molecule has 146 valence electrons. The fourth-order valence-electron chi connectivity index (χ4n) is 3.96. The number of piperidine rings is 1. The van der Waals surface area contributed by atoms with E-state index in [1.807, 2.05) is 53.4 Å². The van der Waals surface area contributed by atoms with E-state index < -0.39 is 6.10 Å². The minimum atomic E-state index is -0.433. The van der Waals surface area contributed by atoms with E-state index in [2.05, 4.69) is 11.1 Å². The fraction of sp³-hybridized carbons (Fsp3) is 0.391. The zero-order valence-electron chi connectivity index (χ0n) is 16.0. The van der Waals surface area contributed by atoms with E-state index in [0.29, 0.717) is 6.42 Å². The lowest BCUT2D eigenvalue weighted by Crippen LogP contribution is -2.39. The molecule has 1 N–H and O–H groups in total. The van der Waals surface area contributed by atoms with Gasteiger partial charge in [-0.3, -0.25) is 4.79 Å². The highest BCUT2D eigenvalue weighted by atomic mass is 32.1. The lowest BCUT2D eigenvalue weighted by molar-refractivity contribution is -0.133. The van der Waals surface area contributed by atoms with Gasteiger partial charge in [-0.15, -0.1) is 11.3 Å². The van der Waals surface area contributed by atoms with Crippen molar-refractivity contribution in [3.05, 3.63) is 65.2 Å². The maximum absolute atomic E-state index is 12.6. The lowest BCUT2D eigenvalue weighted by atomic mass is 9.87. The molecule has 0 saturated carbocycles. The Labute approximate surface area is 169 Å². The number of rotatable bonds is 6. The predicted molar refractivity (Wildman–Crippen MR) is 113 cm³/mol. The summed E-state index contributed by atoms with van der Waals surface area (Å²) < 4.78 is 1.21. The summed E-state index contributed by atoms with van der Waals surface area (Å²) in [5, 5.41) is 11.7. The van der Waals surface area contributed by atoms with Gasteiger partial charge in [-0.2, -0.15) is 0 Å². The minimum Gasteiger partial charge on any atom is -0.388 e. The number of hydrogen-bond acceptors (Lipinski definition) is 4. The van der Waals surface area contributed by atoms with Crippen LogP contribution in [0.2, 0.25) is 0 Å². The normalized spacial score (nSPS) is 16.4. The molecule has 2 aromatic carbocycles. The van der Waals surface area contributed by atoms with Gasteiger partial charge in [0.1, 0.15) is 0 Å². The van der Waals surface area contributed by atoms with Gasteiger partial charge in [-0.05, 0) is 49.3 Å². The summed E-state index contributed by atoms with van der Waals surface area (Å²) in [7, 11) is 0. The Bertz CT molecular complexity index is 884. The van der Waals surface area contributed by atoms with Crippen molar-refractivity contribution in [2.45, 2.75) is 38.2 Å². The molecule has 1 aliphatic heterocycles. The van der Waals surface area contributed by atoms with Crippen molar-refractivity contribution in [1.82, 2.24) is 9.88 Å². The Hall–Kier alpha value is -2.24. The molecular weight excluding hydrogens is 368 g/mol. The van der Waals surface area contributed by atoms with Crippen molar-refractivity contribution in [2.75, 3.05) is 13.1 Å². The van der Waals surface area contributed by atoms with E-state index in [1.54, 1.807) is 11.3 Å². The summed E-state index contributed by atoms with van der Waals surface area (Å²) in [5.41, 5.74) is 2.02. The van der Waals surface area contributed by atoms with Gasteiger partial charge in [0, 0.05) is 19.5 Å². The molecule has 0 aliphatic carbocycles. The van der Waals surface area contributed by atoms with Crippen molar-refractivity contribution in [2.24, 2.45) is 5.92 Å². The average molecular weight is 395 g/mol. The topological polar surface area (TPSA) is 53.4 Å². The number of carbonyl (C=O) groups is 1. The van der Waals surface area contributed by atoms with Crippen molar-refractivity contribution in [1.29, 1.82) is 0 Å². The number of hydrogen-bond donors (Lipinski definition) is 1. The van der Waals surface area contributed by atoms with Crippen molar-refractivity contribution in [3.8, 4) is 0 Å². The molecule has 1 saturated heterocycles. The molecule has 0 bridgehead atoms. The standard InChI is InChI=1S/C23H26N2O2S/c26-22(12-6-11-21-24-19-9-4-5-10-20(19)28-21)25-15-13-18(14-16-25)23(27)17-7-2-1-3-8-17/h1-5,7-10,18,23,27H,6,11-16H2. The van der Waals surface area contributed by atoms with Gasteiger partial charge in [0.05, 0.1) is 21.3 Å². The second kappa shape index (κ2) is 8.84. The Morgan fingerprint density at radius 1 is 1.11 bits per heavy atom. The maximum Gasteiger partial charge on any atom is 0.222 e. The number of para-hydroxylation sites is 1. The molecule has 1 amide bonds. The monoisotopic (exact) mass is 394 g/mol. The van der Waals surface area contributed by atoms with Gasteiger partial charge < -0.3 is 10.0 Å². The van der Waals surface area contributed by atoms with Crippen LogP contribution in [0.4, 0.5) is 0 Å². The number of aliphatic hydroxyl groups is 1. The number of likely N-dealkylation sites (tertiary alicyclic amines) is 1. The highest BCUT2D eigenvalue weighted by Crippen LogP contribution is 2.31. The number of amides is 1. The largest absolute Gasteiger partial charge is 0.388 e. The molecule has 4 rings (SSSR count). The number of aromatic nitrogens is 1. The first kappa shape index (κ1) is 19.1.